The van der Waals surface area contributed by atoms with Crippen LogP contribution in [-0.2, 0) is 7.05 Å². The average Bonchev–Trinajstić information content (AvgIpc) is 3.06. The summed E-state index contributed by atoms with van der Waals surface area (Å²) in [5.74, 6) is 0.220. The van der Waals surface area contributed by atoms with Crippen LogP contribution < -0.4 is 4.74 Å². The number of nitrogens with zero attached hydrogens (tertiary/aromatic N) is 5. The van der Waals surface area contributed by atoms with Crippen molar-refractivity contribution in [3.05, 3.63) is 66.0 Å². The maximum absolute atomic E-state index is 12.8. The molecule has 0 unspecified atom stereocenters. The van der Waals surface area contributed by atoms with Gasteiger partial charge in [-0.05, 0) is 18.2 Å². The number of amides is 1. The van der Waals surface area contributed by atoms with Gasteiger partial charge in [0.05, 0.1) is 18.8 Å². The molecule has 0 saturated carbocycles. The zero-order chi connectivity index (χ0) is 18.8. The zero-order valence-corrected chi connectivity index (χ0v) is 14.7. The van der Waals surface area contributed by atoms with Gasteiger partial charge in [-0.1, -0.05) is 30.3 Å². The number of aryl methyl sites for hydroxylation is 1. The molecule has 3 heterocycles. The molecule has 3 aromatic rings. The van der Waals surface area contributed by atoms with Crippen LogP contribution in [0.2, 0.25) is 0 Å². The van der Waals surface area contributed by atoms with Crippen LogP contribution in [0, 0.1) is 11.3 Å². The zero-order valence-electron chi connectivity index (χ0n) is 14.7. The first-order chi connectivity index (χ1) is 13.2. The van der Waals surface area contributed by atoms with E-state index in [0.717, 1.165) is 11.3 Å². The molecule has 27 heavy (non-hydrogen) atoms. The molecule has 0 radical (unpaired) electrons. The van der Waals surface area contributed by atoms with E-state index in [9.17, 15) is 4.79 Å². The number of likely N-dealkylation sites (tertiary alicyclic amines) is 1. The van der Waals surface area contributed by atoms with E-state index in [2.05, 4.69) is 16.2 Å². The Balaban J connectivity index is 1.42. The summed E-state index contributed by atoms with van der Waals surface area (Å²) in [7, 11) is 1.76. The van der Waals surface area contributed by atoms with Crippen LogP contribution >= 0.6 is 0 Å². The lowest BCUT2D eigenvalue weighted by Crippen LogP contribution is -2.56. The Morgan fingerprint density at radius 1 is 1.22 bits per heavy atom. The van der Waals surface area contributed by atoms with Crippen molar-refractivity contribution in [2.24, 2.45) is 7.05 Å². The van der Waals surface area contributed by atoms with Crippen molar-refractivity contribution in [3.63, 3.8) is 0 Å². The van der Waals surface area contributed by atoms with Crippen LogP contribution in [-0.4, -0.2) is 44.8 Å². The largest absolute Gasteiger partial charge is 0.470 e. The Kier molecular flexibility index (Phi) is 4.30. The molecule has 0 spiro atoms. The van der Waals surface area contributed by atoms with Gasteiger partial charge in [0.15, 0.2) is 0 Å². The number of carbonyl (C=O) groups excluding carboxylic acids is 1. The highest BCUT2D eigenvalue weighted by Gasteiger charge is 2.35. The third kappa shape index (κ3) is 3.25. The molecule has 0 atom stereocenters. The maximum atomic E-state index is 12.8. The molecule has 4 rings (SSSR count). The molecular weight excluding hydrogens is 342 g/mol. The highest BCUT2D eigenvalue weighted by atomic mass is 16.5. The summed E-state index contributed by atoms with van der Waals surface area (Å²) in [5.41, 5.74) is 2.65. The summed E-state index contributed by atoms with van der Waals surface area (Å²) < 4.78 is 7.35. The molecule has 7 nitrogen and oxygen atoms in total. The second kappa shape index (κ2) is 6.92. The summed E-state index contributed by atoms with van der Waals surface area (Å²) in [6.45, 7) is 0.901. The minimum absolute atomic E-state index is 0.0893. The lowest BCUT2D eigenvalue weighted by molar-refractivity contribution is 0.0151. The molecule has 1 amide bonds. The monoisotopic (exact) mass is 359 g/mol. The minimum atomic E-state index is -0.169. The molecule has 1 saturated heterocycles. The summed E-state index contributed by atoms with van der Waals surface area (Å²) in [6, 6.07) is 17.0. The van der Waals surface area contributed by atoms with Crippen LogP contribution in [0.25, 0.3) is 11.3 Å². The van der Waals surface area contributed by atoms with Crippen molar-refractivity contribution in [1.82, 2.24) is 19.7 Å². The van der Waals surface area contributed by atoms with Crippen molar-refractivity contribution < 1.29 is 9.53 Å². The lowest BCUT2D eigenvalue weighted by Gasteiger charge is -2.38. The van der Waals surface area contributed by atoms with E-state index in [-0.39, 0.29) is 12.0 Å². The summed E-state index contributed by atoms with van der Waals surface area (Å²) >= 11 is 0. The Morgan fingerprint density at radius 3 is 2.74 bits per heavy atom. The second-order valence-corrected chi connectivity index (χ2v) is 6.32. The molecule has 2 aromatic heterocycles. The fraction of sp³-hybridized carbons (Fsp3) is 0.200. The highest BCUT2D eigenvalue weighted by Crippen LogP contribution is 2.23. The van der Waals surface area contributed by atoms with Gasteiger partial charge >= 0.3 is 0 Å². The van der Waals surface area contributed by atoms with Gasteiger partial charge in [-0.25, -0.2) is 4.98 Å². The van der Waals surface area contributed by atoms with Gasteiger partial charge in [0.2, 0.25) is 5.88 Å². The SMILES string of the molecule is Cn1nc(-c2ccccc2)cc1C(=O)N1CC(Oc2ncccc2C#N)C1. The van der Waals surface area contributed by atoms with Gasteiger partial charge in [-0.3, -0.25) is 9.48 Å². The van der Waals surface area contributed by atoms with Crippen molar-refractivity contribution in [2.75, 3.05) is 13.1 Å². The molecule has 0 aliphatic carbocycles. The molecule has 134 valence electrons. The van der Waals surface area contributed by atoms with Crippen LogP contribution in [0.15, 0.2) is 54.7 Å². The van der Waals surface area contributed by atoms with Crippen molar-refractivity contribution in [2.45, 2.75) is 6.10 Å². The van der Waals surface area contributed by atoms with E-state index in [4.69, 9.17) is 10.00 Å². The van der Waals surface area contributed by atoms with Crippen molar-refractivity contribution >= 4 is 5.91 Å². The standard InChI is InChI=1S/C20H17N5O2/c1-24-18(10-17(23-24)14-6-3-2-4-7-14)20(26)25-12-16(13-25)27-19-15(11-21)8-5-9-22-19/h2-10,16H,12-13H2,1H3. The molecule has 1 fully saturated rings. The second-order valence-electron chi connectivity index (χ2n) is 6.32. The predicted molar refractivity (Wildman–Crippen MR) is 97.9 cm³/mol. The molecule has 0 N–H and O–H groups in total. The van der Waals surface area contributed by atoms with E-state index in [1.54, 1.807) is 41.0 Å². The number of aromatic nitrogens is 3. The van der Waals surface area contributed by atoms with E-state index in [1.165, 1.54) is 0 Å². The topological polar surface area (TPSA) is 84.0 Å². The van der Waals surface area contributed by atoms with Gasteiger partial charge < -0.3 is 9.64 Å². The molecule has 1 aliphatic rings. The van der Waals surface area contributed by atoms with E-state index in [1.807, 2.05) is 30.3 Å². The average molecular weight is 359 g/mol. The summed E-state index contributed by atoms with van der Waals surface area (Å²) in [6.07, 6.45) is 1.41. The number of carbonyl (C=O) groups is 1. The molecule has 1 aromatic carbocycles. The number of hydrogen-bond acceptors (Lipinski definition) is 5. The third-order valence-electron chi connectivity index (χ3n) is 4.47. The Hall–Kier alpha value is -3.66. The van der Waals surface area contributed by atoms with Gasteiger partial charge in [0.1, 0.15) is 23.4 Å². The number of pyridine rings is 1. The summed E-state index contributed by atoms with van der Waals surface area (Å²) in [4.78, 5) is 18.5. The Labute approximate surface area is 156 Å². The molecular formula is C20H17N5O2. The van der Waals surface area contributed by atoms with Gasteiger partial charge in [0, 0.05) is 18.8 Å². The molecule has 1 aliphatic heterocycles. The molecule has 0 bridgehead atoms. The number of ether oxygens (including phenoxy) is 1. The van der Waals surface area contributed by atoms with E-state index in [0.29, 0.717) is 30.2 Å². The number of benzene rings is 1. The smallest absolute Gasteiger partial charge is 0.272 e. The van der Waals surface area contributed by atoms with E-state index >= 15 is 0 Å². The van der Waals surface area contributed by atoms with Gasteiger partial charge in [0.25, 0.3) is 5.91 Å². The van der Waals surface area contributed by atoms with Crippen molar-refractivity contribution in [1.29, 1.82) is 5.26 Å². The van der Waals surface area contributed by atoms with Gasteiger partial charge in [-0.2, -0.15) is 10.4 Å². The van der Waals surface area contributed by atoms with Gasteiger partial charge in [-0.15, -0.1) is 0 Å². The van der Waals surface area contributed by atoms with Crippen molar-refractivity contribution in [3.8, 4) is 23.2 Å². The predicted octanol–water partition coefficient (Wildman–Crippen LogP) is 2.26. The first-order valence-electron chi connectivity index (χ1n) is 8.56. The highest BCUT2D eigenvalue weighted by molar-refractivity contribution is 5.94. The normalized spacial score (nSPS) is 13.7. The van der Waals surface area contributed by atoms with Crippen LogP contribution in [0.3, 0.4) is 0 Å². The van der Waals surface area contributed by atoms with Crippen LogP contribution in [0.4, 0.5) is 0 Å². The van der Waals surface area contributed by atoms with Crippen LogP contribution in [0.1, 0.15) is 16.1 Å². The van der Waals surface area contributed by atoms with E-state index < -0.39 is 0 Å². The lowest BCUT2D eigenvalue weighted by atomic mass is 10.1. The number of rotatable bonds is 4. The quantitative estimate of drug-likeness (QED) is 0.713. The Morgan fingerprint density at radius 2 is 2.00 bits per heavy atom. The Bertz CT molecular complexity index is 1020. The number of hydrogen-bond donors (Lipinski definition) is 0. The maximum Gasteiger partial charge on any atom is 0.272 e. The van der Waals surface area contributed by atoms with Crippen LogP contribution in [0.5, 0.6) is 5.88 Å². The first-order valence-corrected chi connectivity index (χ1v) is 8.56. The fourth-order valence-corrected chi connectivity index (χ4v) is 2.99. The third-order valence-corrected chi connectivity index (χ3v) is 4.47. The molecule has 7 heteroatoms. The minimum Gasteiger partial charge on any atom is -0.470 e. The number of nitriles is 1. The summed E-state index contributed by atoms with van der Waals surface area (Å²) in [5, 5.41) is 13.5. The first kappa shape index (κ1) is 16.8. The fourth-order valence-electron chi connectivity index (χ4n) is 2.99.